The van der Waals surface area contributed by atoms with Gasteiger partial charge in [-0.1, -0.05) is 51.3 Å². The molecule has 0 aliphatic carbocycles. The minimum atomic E-state index is -0.163. The van der Waals surface area contributed by atoms with Gasteiger partial charge in [-0.3, -0.25) is 4.79 Å². The van der Waals surface area contributed by atoms with Crippen molar-refractivity contribution in [1.29, 1.82) is 0 Å². The molecule has 0 saturated carbocycles. The monoisotopic (exact) mass is 372 g/mol. The van der Waals surface area contributed by atoms with Gasteiger partial charge in [0.05, 0.1) is 11.6 Å². The van der Waals surface area contributed by atoms with Gasteiger partial charge in [0.15, 0.2) is 5.78 Å². The zero-order chi connectivity index (χ0) is 14.5. The van der Waals surface area contributed by atoms with E-state index in [-0.39, 0.29) is 12.4 Å². The van der Waals surface area contributed by atoms with Crippen molar-refractivity contribution in [3.63, 3.8) is 0 Å². The Balaban J connectivity index is 1.90. The van der Waals surface area contributed by atoms with Crippen LogP contribution in [0.2, 0.25) is 10.0 Å². The van der Waals surface area contributed by atoms with E-state index in [9.17, 15) is 4.79 Å². The summed E-state index contributed by atoms with van der Waals surface area (Å²) in [6.45, 7) is 0.363. The molecule has 0 aliphatic rings. The smallest absolute Gasteiger partial charge is 0.189 e. The fourth-order valence-corrected chi connectivity index (χ4v) is 2.41. The summed E-state index contributed by atoms with van der Waals surface area (Å²) < 4.78 is 6.41. The Hall–Kier alpha value is -0.870. The second-order valence-electron chi connectivity index (χ2n) is 4.17. The zero-order valence-electron chi connectivity index (χ0n) is 10.4. The number of halogens is 3. The molecular formula is C15H11BrCl2O2. The first-order chi connectivity index (χ1) is 9.56. The molecule has 104 valence electrons. The Morgan fingerprint density at radius 2 is 1.80 bits per heavy atom. The molecule has 0 aromatic heterocycles. The lowest BCUT2D eigenvalue weighted by atomic mass is 10.1. The highest BCUT2D eigenvalue weighted by atomic mass is 79.9. The number of hydrogen-bond acceptors (Lipinski definition) is 2. The maximum atomic E-state index is 12.0. The van der Waals surface area contributed by atoms with E-state index in [1.807, 2.05) is 24.3 Å². The van der Waals surface area contributed by atoms with Crippen molar-refractivity contribution in [2.24, 2.45) is 0 Å². The first-order valence-corrected chi connectivity index (χ1v) is 7.41. The lowest BCUT2D eigenvalue weighted by Gasteiger charge is -2.06. The van der Waals surface area contributed by atoms with Crippen LogP contribution in [0.5, 0.6) is 0 Å². The van der Waals surface area contributed by atoms with Crippen molar-refractivity contribution in [1.82, 2.24) is 0 Å². The van der Waals surface area contributed by atoms with Crippen molar-refractivity contribution in [3.8, 4) is 0 Å². The highest BCUT2D eigenvalue weighted by Crippen LogP contribution is 2.21. The van der Waals surface area contributed by atoms with Gasteiger partial charge in [0, 0.05) is 15.1 Å². The van der Waals surface area contributed by atoms with Gasteiger partial charge in [-0.25, -0.2) is 0 Å². The topological polar surface area (TPSA) is 26.3 Å². The number of carbonyl (C=O) groups is 1. The summed E-state index contributed by atoms with van der Waals surface area (Å²) in [5, 5.41) is 0.845. The normalized spacial score (nSPS) is 10.6. The molecule has 0 saturated heterocycles. The molecule has 0 unspecified atom stereocenters. The van der Waals surface area contributed by atoms with Crippen LogP contribution in [0.3, 0.4) is 0 Å². The molecule has 0 bridgehead atoms. The molecular weight excluding hydrogens is 363 g/mol. The van der Waals surface area contributed by atoms with Gasteiger partial charge in [-0.05, 0) is 35.9 Å². The van der Waals surface area contributed by atoms with Crippen molar-refractivity contribution >= 4 is 44.9 Å². The maximum Gasteiger partial charge on any atom is 0.189 e. The first-order valence-electron chi connectivity index (χ1n) is 5.86. The third-order valence-corrected chi connectivity index (χ3v) is 3.72. The summed E-state index contributed by atoms with van der Waals surface area (Å²) in [5.74, 6) is -0.163. The van der Waals surface area contributed by atoms with E-state index >= 15 is 0 Å². The number of Topliss-reactive ketones (excluding diaryl/α,β-unsaturated/α-hetero) is 1. The van der Waals surface area contributed by atoms with Crippen LogP contribution in [-0.2, 0) is 11.3 Å². The number of ketones is 1. The molecule has 0 heterocycles. The van der Waals surface area contributed by atoms with Gasteiger partial charge in [0.2, 0.25) is 0 Å². The Kier molecular flexibility index (Phi) is 5.61. The molecule has 0 atom stereocenters. The van der Waals surface area contributed by atoms with Crippen LogP contribution >= 0.6 is 39.1 Å². The molecule has 2 aromatic rings. The summed E-state index contributed by atoms with van der Waals surface area (Å²) in [6, 6.07) is 12.5. The second-order valence-corrected chi connectivity index (χ2v) is 5.93. The Bertz CT molecular complexity index is 612. The highest BCUT2D eigenvalue weighted by Gasteiger charge is 2.10. The minimum absolute atomic E-state index is 0.0165. The predicted molar refractivity (Wildman–Crippen MR) is 84.6 cm³/mol. The summed E-state index contributed by atoms with van der Waals surface area (Å²) in [4.78, 5) is 12.0. The van der Waals surface area contributed by atoms with Crippen LogP contribution in [0.15, 0.2) is 46.9 Å². The molecule has 0 spiro atoms. The Labute approximate surface area is 135 Å². The van der Waals surface area contributed by atoms with Crippen molar-refractivity contribution in [3.05, 3.63) is 68.1 Å². The van der Waals surface area contributed by atoms with Crippen LogP contribution < -0.4 is 0 Å². The molecule has 2 nitrogen and oxygen atoms in total. The SMILES string of the molecule is O=C(COCc1ccc(Br)cc1)c1ccc(Cl)cc1Cl. The maximum absolute atomic E-state index is 12.0. The van der Waals surface area contributed by atoms with Gasteiger partial charge in [0.25, 0.3) is 0 Å². The van der Waals surface area contributed by atoms with Crippen LogP contribution in [-0.4, -0.2) is 12.4 Å². The van der Waals surface area contributed by atoms with E-state index in [4.69, 9.17) is 27.9 Å². The largest absolute Gasteiger partial charge is 0.369 e. The second kappa shape index (κ2) is 7.23. The molecule has 0 N–H and O–H groups in total. The van der Waals surface area contributed by atoms with Crippen LogP contribution in [0.4, 0.5) is 0 Å². The van der Waals surface area contributed by atoms with Crippen molar-refractivity contribution in [2.45, 2.75) is 6.61 Å². The van der Waals surface area contributed by atoms with E-state index in [1.54, 1.807) is 18.2 Å². The van der Waals surface area contributed by atoms with E-state index in [2.05, 4.69) is 15.9 Å². The summed E-state index contributed by atoms with van der Waals surface area (Å²) in [5.41, 5.74) is 1.43. The molecule has 2 rings (SSSR count). The van der Waals surface area contributed by atoms with Crippen molar-refractivity contribution in [2.75, 3.05) is 6.61 Å². The zero-order valence-corrected chi connectivity index (χ0v) is 13.5. The molecule has 2 aromatic carbocycles. The quantitative estimate of drug-likeness (QED) is 0.677. The van der Waals surface area contributed by atoms with Crippen molar-refractivity contribution < 1.29 is 9.53 Å². The number of carbonyl (C=O) groups excluding carboxylic acids is 1. The van der Waals surface area contributed by atoms with E-state index in [0.717, 1.165) is 10.0 Å². The number of benzene rings is 2. The average Bonchev–Trinajstić information content (AvgIpc) is 2.41. The molecule has 0 aliphatic heterocycles. The van der Waals surface area contributed by atoms with E-state index in [1.165, 1.54) is 0 Å². The molecule has 0 amide bonds. The van der Waals surface area contributed by atoms with E-state index < -0.39 is 0 Å². The minimum Gasteiger partial charge on any atom is -0.369 e. The standard InChI is InChI=1S/C15H11BrCl2O2/c16-11-3-1-10(2-4-11)8-20-9-15(19)13-6-5-12(17)7-14(13)18/h1-7H,8-9H2. The van der Waals surface area contributed by atoms with Gasteiger partial charge < -0.3 is 4.74 Å². The van der Waals surface area contributed by atoms with Gasteiger partial charge in [-0.2, -0.15) is 0 Å². The number of rotatable bonds is 5. The lowest BCUT2D eigenvalue weighted by molar-refractivity contribution is 0.0727. The predicted octanol–water partition coefficient (Wildman–Crippen LogP) is 5.16. The highest BCUT2D eigenvalue weighted by molar-refractivity contribution is 9.10. The average molecular weight is 374 g/mol. The fourth-order valence-electron chi connectivity index (χ4n) is 1.64. The van der Waals surface area contributed by atoms with Crippen LogP contribution in [0.25, 0.3) is 0 Å². The van der Waals surface area contributed by atoms with Crippen LogP contribution in [0.1, 0.15) is 15.9 Å². The van der Waals surface area contributed by atoms with Gasteiger partial charge in [0.1, 0.15) is 6.61 Å². The number of hydrogen-bond donors (Lipinski definition) is 0. The first kappa shape index (κ1) is 15.5. The third kappa shape index (κ3) is 4.32. The van der Waals surface area contributed by atoms with Gasteiger partial charge >= 0.3 is 0 Å². The summed E-state index contributed by atoms with van der Waals surface area (Å²) >= 11 is 15.1. The molecule has 20 heavy (non-hydrogen) atoms. The fraction of sp³-hybridized carbons (Fsp3) is 0.133. The van der Waals surface area contributed by atoms with Crippen LogP contribution in [0, 0.1) is 0 Å². The van der Waals surface area contributed by atoms with E-state index in [0.29, 0.717) is 22.2 Å². The Morgan fingerprint density at radius 1 is 1.10 bits per heavy atom. The lowest BCUT2D eigenvalue weighted by Crippen LogP contribution is -2.09. The molecule has 0 fully saturated rings. The number of ether oxygens (including phenoxy) is 1. The molecule has 0 radical (unpaired) electrons. The third-order valence-electron chi connectivity index (χ3n) is 2.65. The Morgan fingerprint density at radius 3 is 2.45 bits per heavy atom. The molecule has 5 heteroatoms. The summed E-state index contributed by atoms with van der Waals surface area (Å²) in [6.07, 6.45) is 0. The summed E-state index contributed by atoms with van der Waals surface area (Å²) in [7, 11) is 0. The van der Waals surface area contributed by atoms with Gasteiger partial charge in [-0.15, -0.1) is 0 Å².